The third-order valence-electron chi connectivity index (χ3n) is 2.38. The maximum atomic E-state index is 10.2. The molecule has 0 radical (unpaired) electrons. The molecule has 0 amide bonds. The van der Waals surface area contributed by atoms with E-state index in [2.05, 4.69) is 14.9 Å². The molecule has 0 atom stereocenters. The molecule has 2 heterocycles. The highest BCUT2D eigenvalue weighted by Crippen LogP contribution is 2.25. The highest BCUT2D eigenvalue weighted by Gasteiger charge is 2.12. The Morgan fingerprint density at radius 1 is 1.56 bits per heavy atom. The Morgan fingerprint density at radius 2 is 2.33 bits per heavy atom. The van der Waals surface area contributed by atoms with Gasteiger partial charge in [0.25, 0.3) is 0 Å². The molecule has 0 aromatic carbocycles. The molecular formula is C11H14N2O4S. The minimum absolute atomic E-state index is 0.418. The minimum Gasteiger partial charge on any atom is -0.479 e. The van der Waals surface area contributed by atoms with E-state index in [0.29, 0.717) is 0 Å². The molecule has 0 bridgehead atoms. The van der Waals surface area contributed by atoms with E-state index in [1.165, 1.54) is 6.21 Å². The summed E-state index contributed by atoms with van der Waals surface area (Å²) in [6.45, 7) is 2.88. The van der Waals surface area contributed by atoms with Crippen molar-refractivity contribution < 1.29 is 19.5 Å². The number of rotatable bonds is 5. The van der Waals surface area contributed by atoms with Crippen LogP contribution in [0.3, 0.4) is 0 Å². The fraction of sp³-hybridized carbons (Fsp3) is 0.455. The molecule has 1 saturated heterocycles. The number of carboxylic acid groups (broad SMARTS) is 1. The van der Waals surface area contributed by atoms with E-state index in [1.54, 1.807) is 11.3 Å². The first-order valence-electron chi connectivity index (χ1n) is 5.55. The van der Waals surface area contributed by atoms with Crippen LogP contribution in [0.5, 0.6) is 0 Å². The van der Waals surface area contributed by atoms with Crippen LogP contribution in [0, 0.1) is 0 Å². The van der Waals surface area contributed by atoms with Crippen molar-refractivity contribution in [3.63, 3.8) is 0 Å². The van der Waals surface area contributed by atoms with E-state index in [9.17, 15) is 4.79 Å². The van der Waals surface area contributed by atoms with Crippen LogP contribution in [0.2, 0.25) is 0 Å². The maximum Gasteiger partial charge on any atom is 0.344 e. The first kappa shape index (κ1) is 12.8. The second kappa shape index (κ2) is 6.36. The van der Waals surface area contributed by atoms with Gasteiger partial charge in [-0.3, -0.25) is 0 Å². The molecule has 98 valence electrons. The number of morpholine rings is 1. The van der Waals surface area contributed by atoms with Crippen molar-refractivity contribution in [1.82, 2.24) is 0 Å². The van der Waals surface area contributed by atoms with Crippen molar-refractivity contribution in [3.05, 3.63) is 17.0 Å². The summed E-state index contributed by atoms with van der Waals surface area (Å²) in [5.74, 6) is -1.03. The van der Waals surface area contributed by atoms with Gasteiger partial charge in [-0.15, -0.1) is 11.3 Å². The quantitative estimate of drug-likeness (QED) is 0.639. The van der Waals surface area contributed by atoms with Crippen LogP contribution in [-0.2, 0) is 14.4 Å². The Kier molecular flexibility index (Phi) is 4.54. The van der Waals surface area contributed by atoms with Crippen LogP contribution in [-0.4, -0.2) is 50.2 Å². The summed E-state index contributed by atoms with van der Waals surface area (Å²) in [5, 5.41) is 13.1. The Balaban J connectivity index is 1.87. The van der Waals surface area contributed by atoms with E-state index in [4.69, 9.17) is 9.84 Å². The van der Waals surface area contributed by atoms with Crippen molar-refractivity contribution in [1.29, 1.82) is 0 Å². The van der Waals surface area contributed by atoms with E-state index in [1.807, 2.05) is 12.1 Å². The van der Waals surface area contributed by atoms with E-state index < -0.39 is 12.6 Å². The Morgan fingerprint density at radius 3 is 3.06 bits per heavy atom. The third-order valence-corrected chi connectivity index (χ3v) is 3.46. The Bertz CT molecular complexity index is 426. The number of hydrogen-bond donors (Lipinski definition) is 1. The lowest BCUT2D eigenvalue weighted by Crippen LogP contribution is -2.35. The third kappa shape index (κ3) is 3.71. The fourth-order valence-corrected chi connectivity index (χ4v) is 2.47. The summed E-state index contributed by atoms with van der Waals surface area (Å²) in [6.07, 6.45) is 1.53. The first-order valence-corrected chi connectivity index (χ1v) is 6.37. The Labute approximate surface area is 108 Å². The number of ether oxygens (including phenoxy) is 1. The molecule has 6 nitrogen and oxygen atoms in total. The number of anilines is 1. The number of aliphatic carboxylic acids is 1. The van der Waals surface area contributed by atoms with Crippen LogP contribution >= 0.6 is 11.3 Å². The topological polar surface area (TPSA) is 71.4 Å². The average molecular weight is 270 g/mol. The number of carbonyl (C=O) groups is 1. The fourth-order valence-electron chi connectivity index (χ4n) is 1.55. The number of carboxylic acids is 1. The molecule has 0 aliphatic carbocycles. The summed E-state index contributed by atoms with van der Waals surface area (Å²) >= 11 is 1.59. The van der Waals surface area contributed by atoms with Gasteiger partial charge in [0, 0.05) is 13.1 Å². The summed E-state index contributed by atoms with van der Waals surface area (Å²) in [5.41, 5.74) is 0. The molecular weight excluding hydrogens is 256 g/mol. The Hall–Kier alpha value is -1.60. The van der Waals surface area contributed by atoms with Gasteiger partial charge in [0.1, 0.15) is 0 Å². The zero-order valence-electron chi connectivity index (χ0n) is 9.74. The van der Waals surface area contributed by atoms with E-state index in [0.717, 1.165) is 36.2 Å². The monoisotopic (exact) mass is 270 g/mol. The number of nitrogens with zero attached hydrogens (tertiary/aromatic N) is 2. The standard InChI is InChI=1S/C11H14N2O4S/c14-11(15)8-17-12-7-9-1-2-10(18-9)13-3-5-16-6-4-13/h1-2,7H,3-6,8H2,(H,14,15). The number of oxime groups is 1. The highest BCUT2D eigenvalue weighted by molar-refractivity contribution is 7.17. The summed E-state index contributed by atoms with van der Waals surface area (Å²) in [4.78, 5) is 18.0. The number of thiophene rings is 1. The summed E-state index contributed by atoms with van der Waals surface area (Å²) in [6, 6.07) is 3.96. The van der Waals surface area contributed by atoms with Gasteiger partial charge in [0.15, 0.2) is 0 Å². The first-order chi connectivity index (χ1) is 8.75. The lowest BCUT2D eigenvalue weighted by Gasteiger charge is -2.27. The molecule has 0 saturated carbocycles. The maximum absolute atomic E-state index is 10.2. The zero-order chi connectivity index (χ0) is 12.8. The molecule has 2 rings (SSSR count). The molecule has 1 aromatic heterocycles. The van der Waals surface area contributed by atoms with Gasteiger partial charge in [-0.1, -0.05) is 5.16 Å². The van der Waals surface area contributed by atoms with Crippen LogP contribution in [0.15, 0.2) is 17.3 Å². The van der Waals surface area contributed by atoms with E-state index >= 15 is 0 Å². The van der Waals surface area contributed by atoms with E-state index in [-0.39, 0.29) is 0 Å². The molecule has 7 heteroatoms. The largest absolute Gasteiger partial charge is 0.479 e. The van der Waals surface area contributed by atoms with Crippen LogP contribution in [0.1, 0.15) is 4.88 Å². The molecule has 1 aromatic rings. The molecule has 1 aliphatic rings. The van der Waals surface area contributed by atoms with Gasteiger partial charge in [0.2, 0.25) is 6.61 Å². The van der Waals surface area contributed by atoms with Gasteiger partial charge in [-0.2, -0.15) is 0 Å². The van der Waals surface area contributed by atoms with Crippen molar-refractivity contribution in [2.75, 3.05) is 37.8 Å². The lowest BCUT2D eigenvalue weighted by molar-refractivity contribution is -0.142. The predicted molar refractivity (Wildman–Crippen MR) is 68.5 cm³/mol. The second-order valence-electron chi connectivity index (χ2n) is 3.68. The second-order valence-corrected chi connectivity index (χ2v) is 4.77. The zero-order valence-corrected chi connectivity index (χ0v) is 10.6. The van der Waals surface area contributed by atoms with Gasteiger partial charge >= 0.3 is 5.97 Å². The molecule has 1 N–H and O–H groups in total. The molecule has 18 heavy (non-hydrogen) atoms. The van der Waals surface area contributed by atoms with Crippen LogP contribution in [0.25, 0.3) is 0 Å². The van der Waals surface area contributed by atoms with Gasteiger partial charge in [0.05, 0.1) is 29.3 Å². The predicted octanol–water partition coefficient (Wildman–Crippen LogP) is 1.02. The lowest BCUT2D eigenvalue weighted by atomic mass is 10.4. The molecule has 0 spiro atoms. The van der Waals surface area contributed by atoms with Gasteiger partial charge < -0.3 is 19.6 Å². The normalized spacial score (nSPS) is 16.1. The van der Waals surface area contributed by atoms with Crippen molar-refractivity contribution in [3.8, 4) is 0 Å². The van der Waals surface area contributed by atoms with Crippen LogP contribution in [0.4, 0.5) is 5.00 Å². The minimum atomic E-state index is -1.03. The van der Waals surface area contributed by atoms with Crippen molar-refractivity contribution in [2.24, 2.45) is 5.16 Å². The van der Waals surface area contributed by atoms with Gasteiger partial charge in [-0.25, -0.2) is 4.79 Å². The van der Waals surface area contributed by atoms with Gasteiger partial charge in [-0.05, 0) is 12.1 Å². The smallest absolute Gasteiger partial charge is 0.344 e. The highest BCUT2D eigenvalue weighted by atomic mass is 32.1. The van der Waals surface area contributed by atoms with Crippen molar-refractivity contribution >= 4 is 28.5 Å². The molecule has 0 unspecified atom stereocenters. The SMILES string of the molecule is O=C(O)CON=Cc1ccc(N2CCOCC2)s1. The van der Waals surface area contributed by atoms with Crippen molar-refractivity contribution in [2.45, 2.75) is 0 Å². The summed E-state index contributed by atoms with van der Waals surface area (Å²) in [7, 11) is 0. The molecule has 1 fully saturated rings. The summed E-state index contributed by atoms with van der Waals surface area (Å²) < 4.78 is 5.29. The number of hydrogen-bond acceptors (Lipinski definition) is 6. The molecule has 1 aliphatic heterocycles. The average Bonchev–Trinajstić information content (AvgIpc) is 2.84. The van der Waals surface area contributed by atoms with Crippen LogP contribution < -0.4 is 4.90 Å².